The zero-order valence-electron chi connectivity index (χ0n) is 11.4. The number of likely N-dealkylation sites (tertiary alicyclic amines) is 1. The Balaban J connectivity index is 1.79. The van der Waals surface area contributed by atoms with E-state index in [0.29, 0.717) is 31.3 Å². The number of amides is 1. The average Bonchev–Trinajstić information content (AvgIpc) is 2.85. The predicted octanol–water partition coefficient (Wildman–Crippen LogP) is 1.53. The summed E-state index contributed by atoms with van der Waals surface area (Å²) >= 11 is 0. The van der Waals surface area contributed by atoms with Crippen LogP contribution in [-0.4, -0.2) is 36.5 Å². The first-order chi connectivity index (χ1) is 8.57. The van der Waals surface area contributed by atoms with Crippen molar-refractivity contribution in [2.45, 2.75) is 45.6 Å². The number of nitriles is 1. The third-order valence-electron chi connectivity index (χ3n) is 4.36. The molecule has 1 atom stereocenters. The topological polar surface area (TPSA) is 56.1 Å². The van der Waals surface area contributed by atoms with Crippen molar-refractivity contribution in [3.8, 4) is 6.07 Å². The van der Waals surface area contributed by atoms with E-state index in [-0.39, 0.29) is 5.91 Å². The molecule has 0 aromatic rings. The second-order valence-corrected chi connectivity index (χ2v) is 6.01. The molecule has 4 heteroatoms. The molecule has 1 saturated carbocycles. The Bertz CT molecular complexity index is 349. The summed E-state index contributed by atoms with van der Waals surface area (Å²) in [6.07, 6.45) is 3.96. The van der Waals surface area contributed by atoms with Crippen LogP contribution in [-0.2, 0) is 4.79 Å². The maximum Gasteiger partial charge on any atom is 0.240 e. The summed E-state index contributed by atoms with van der Waals surface area (Å²) in [7, 11) is 0. The Morgan fingerprint density at radius 3 is 2.61 bits per heavy atom. The van der Waals surface area contributed by atoms with Crippen LogP contribution in [0.15, 0.2) is 0 Å². The van der Waals surface area contributed by atoms with Gasteiger partial charge in [-0.05, 0) is 51.6 Å². The first-order valence-electron chi connectivity index (χ1n) is 7.01. The zero-order valence-corrected chi connectivity index (χ0v) is 11.4. The van der Waals surface area contributed by atoms with Gasteiger partial charge in [-0.25, -0.2) is 0 Å². The lowest BCUT2D eigenvalue weighted by molar-refractivity contribution is -0.134. The summed E-state index contributed by atoms with van der Waals surface area (Å²) in [5.41, 5.74) is -0.732. The van der Waals surface area contributed by atoms with Crippen LogP contribution in [0.3, 0.4) is 0 Å². The minimum atomic E-state index is -0.732. The third-order valence-corrected chi connectivity index (χ3v) is 4.36. The van der Waals surface area contributed by atoms with E-state index >= 15 is 0 Å². The van der Waals surface area contributed by atoms with Gasteiger partial charge < -0.3 is 5.32 Å². The first kappa shape index (κ1) is 13.4. The first-order valence-corrected chi connectivity index (χ1v) is 7.01. The highest BCUT2D eigenvalue weighted by Gasteiger charge is 2.48. The van der Waals surface area contributed by atoms with Gasteiger partial charge >= 0.3 is 0 Å². The fourth-order valence-corrected chi connectivity index (χ4v) is 3.18. The molecule has 0 spiro atoms. The van der Waals surface area contributed by atoms with E-state index in [0.717, 1.165) is 13.1 Å². The molecule has 1 aliphatic carbocycles. The molecular formula is C14H23N3O. The molecule has 1 heterocycles. The molecule has 0 aromatic carbocycles. The van der Waals surface area contributed by atoms with Gasteiger partial charge in [-0.2, -0.15) is 5.26 Å². The molecule has 0 bridgehead atoms. The molecule has 4 nitrogen and oxygen atoms in total. The van der Waals surface area contributed by atoms with Crippen LogP contribution in [0.2, 0.25) is 0 Å². The van der Waals surface area contributed by atoms with E-state index < -0.39 is 5.41 Å². The number of carbonyl (C=O) groups is 1. The van der Waals surface area contributed by atoms with Crippen molar-refractivity contribution < 1.29 is 4.79 Å². The van der Waals surface area contributed by atoms with Crippen LogP contribution in [0.4, 0.5) is 0 Å². The van der Waals surface area contributed by atoms with E-state index in [4.69, 9.17) is 0 Å². The van der Waals surface area contributed by atoms with Crippen molar-refractivity contribution in [2.75, 3.05) is 19.6 Å². The molecule has 1 unspecified atom stereocenters. The van der Waals surface area contributed by atoms with Crippen LogP contribution in [0, 0.1) is 22.7 Å². The molecular weight excluding hydrogens is 226 g/mol. The van der Waals surface area contributed by atoms with E-state index in [1.807, 2.05) is 0 Å². The minimum Gasteiger partial charge on any atom is -0.353 e. The fraction of sp³-hybridized carbons (Fsp3) is 0.857. The van der Waals surface area contributed by atoms with Crippen molar-refractivity contribution in [1.82, 2.24) is 10.2 Å². The molecule has 2 rings (SSSR count). The van der Waals surface area contributed by atoms with Crippen LogP contribution >= 0.6 is 0 Å². The van der Waals surface area contributed by atoms with Gasteiger partial charge in [-0.3, -0.25) is 9.69 Å². The summed E-state index contributed by atoms with van der Waals surface area (Å²) in [5, 5.41) is 12.2. The predicted molar refractivity (Wildman–Crippen MR) is 69.7 cm³/mol. The lowest BCUT2D eigenvalue weighted by Gasteiger charge is -2.39. The Morgan fingerprint density at radius 1 is 1.50 bits per heavy atom. The Morgan fingerprint density at radius 2 is 2.11 bits per heavy atom. The number of hydrogen-bond donors (Lipinski definition) is 1. The van der Waals surface area contributed by atoms with E-state index in [1.54, 1.807) is 0 Å². The molecule has 1 N–H and O–H groups in total. The fourth-order valence-electron chi connectivity index (χ4n) is 3.18. The number of nitrogens with zero attached hydrogens (tertiary/aromatic N) is 2. The van der Waals surface area contributed by atoms with Crippen molar-refractivity contribution in [2.24, 2.45) is 11.3 Å². The third kappa shape index (κ3) is 2.51. The van der Waals surface area contributed by atoms with Crippen LogP contribution in [0.25, 0.3) is 0 Å². The van der Waals surface area contributed by atoms with Gasteiger partial charge in [0.15, 0.2) is 0 Å². The molecule has 0 aromatic heterocycles. The zero-order chi connectivity index (χ0) is 13.2. The minimum absolute atomic E-state index is 0.0610. The van der Waals surface area contributed by atoms with Gasteiger partial charge in [0, 0.05) is 12.6 Å². The Kier molecular flexibility index (Phi) is 3.91. The molecule has 0 radical (unpaired) electrons. The highest BCUT2D eigenvalue weighted by atomic mass is 16.2. The van der Waals surface area contributed by atoms with E-state index in [9.17, 15) is 10.1 Å². The van der Waals surface area contributed by atoms with Crippen LogP contribution in [0.1, 0.15) is 39.5 Å². The molecule has 2 fully saturated rings. The van der Waals surface area contributed by atoms with Crippen molar-refractivity contribution >= 4 is 5.91 Å². The lowest BCUT2D eigenvalue weighted by atomic mass is 9.63. The van der Waals surface area contributed by atoms with Gasteiger partial charge in [-0.1, -0.05) is 6.92 Å². The summed E-state index contributed by atoms with van der Waals surface area (Å²) in [4.78, 5) is 14.5. The largest absolute Gasteiger partial charge is 0.353 e. The van der Waals surface area contributed by atoms with Gasteiger partial charge in [0.2, 0.25) is 5.91 Å². The Hall–Kier alpha value is -1.08. The summed E-state index contributed by atoms with van der Waals surface area (Å²) in [6.45, 7) is 7.18. The molecule has 2 aliphatic rings. The maximum absolute atomic E-state index is 12.1. The van der Waals surface area contributed by atoms with Crippen molar-refractivity contribution in [3.63, 3.8) is 0 Å². The van der Waals surface area contributed by atoms with Gasteiger partial charge in [-0.15, -0.1) is 0 Å². The van der Waals surface area contributed by atoms with Gasteiger partial charge in [0.05, 0.1) is 6.07 Å². The number of carbonyl (C=O) groups excluding carboxylic acids is 1. The molecule has 1 amide bonds. The number of rotatable bonds is 4. The lowest BCUT2D eigenvalue weighted by Crippen LogP contribution is -2.51. The van der Waals surface area contributed by atoms with E-state index in [2.05, 4.69) is 30.1 Å². The van der Waals surface area contributed by atoms with Gasteiger partial charge in [0.1, 0.15) is 5.41 Å². The monoisotopic (exact) mass is 249 g/mol. The Labute approximate surface area is 109 Å². The normalized spacial score (nSPS) is 33.5. The van der Waals surface area contributed by atoms with E-state index in [1.165, 1.54) is 12.8 Å². The summed E-state index contributed by atoms with van der Waals surface area (Å²) < 4.78 is 0. The highest BCUT2D eigenvalue weighted by molar-refractivity contribution is 5.86. The smallest absolute Gasteiger partial charge is 0.240 e. The molecule has 1 aliphatic heterocycles. The second-order valence-electron chi connectivity index (χ2n) is 6.01. The van der Waals surface area contributed by atoms with Crippen molar-refractivity contribution in [3.05, 3.63) is 0 Å². The second kappa shape index (κ2) is 5.27. The van der Waals surface area contributed by atoms with Crippen LogP contribution < -0.4 is 5.32 Å². The standard InChI is InChI=1S/C14H23N3O/c1-11-7-14(8-11,10-15)13(18)16-9-12(2)17-5-3-4-6-17/h11-12H,3-9H2,1-2H3,(H,16,18). The maximum atomic E-state index is 12.1. The number of hydrogen-bond acceptors (Lipinski definition) is 3. The molecule has 1 saturated heterocycles. The van der Waals surface area contributed by atoms with Crippen molar-refractivity contribution in [1.29, 1.82) is 5.26 Å². The molecule has 100 valence electrons. The summed E-state index contributed by atoms with van der Waals surface area (Å²) in [6, 6.07) is 2.59. The number of nitrogens with one attached hydrogen (secondary N) is 1. The van der Waals surface area contributed by atoms with Gasteiger partial charge in [0.25, 0.3) is 0 Å². The SMILES string of the molecule is CC1CC(C#N)(C(=O)NCC(C)N2CCCC2)C1. The quantitative estimate of drug-likeness (QED) is 0.822. The molecule has 18 heavy (non-hydrogen) atoms. The van der Waals surface area contributed by atoms with Crippen LogP contribution in [0.5, 0.6) is 0 Å². The highest BCUT2D eigenvalue weighted by Crippen LogP contribution is 2.44. The average molecular weight is 249 g/mol. The summed E-state index contributed by atoms with van der Waals surface area (Å²) in [5.74, 6) is 0.445.